The molecule has 146 valence electrons. The molecule has 0 aliphatic rings. The Hall–Kier alpha value is -2.38. The molecule has 0 fully saturated rings. The summed E-state index contributed by atoms with van der Waals surface area (Å²) in [5.41, 5.74) is 5.47. The highest BCUT2D eigenvalue weighted by Crippen LogP contribution is 2.28. The number of anilines is 3. The van der Waals surface area contributed by atoms with Crippen molar-refractivity contribution in [1.82, 2.24) is 10.2 Å². The quantitative estimate of drug-likeness (QED) is 0.482. The van der Waals surface area contributed by atoms with E-state index in [9.17, 15) is 4.79 Å². The highest BCUT2D eigenvalue weighted by molar-refractivity contribution is 8.01. The summed E-state index contributed by atoms with van der Waals surface area (Å²) < 4.78 is 0.768. The summed E-state index contributed by atoms with van der Waals surface area (Å²) >= 11 is 2.85. The van der Waals surface area contributed by atoms with E-state index in [-0.39, 0.29) is 5.91 Å². The zero-order valence-electron chi connectivity index (χ0n) is 16.3. The first-order chi connectivity index (χ1) is 13.6. The summed E-state index contributed by atoms with van der Waals surface area (Å²) in [6.45, 7) is 6.25. The fourth-order valence-corrected chi connectivity index (χ4v) is 4.36. The largest absolute Gasteiger partial charge is 0.330 e. The van der Waals surface area contributed by atoms with Gasteiger partial charge in [0.1, 0.15) is 0 Å². The fraction of sp³-hybridized carbons (Fsp3) is 0.286. The Balaban J connectivity index is 1.57. The Bertz CT molecular complexity index is 916. The summed E-state index contributed by atoms with van der Waals surface area (Å²) in [6.07, 6.45) is 1.78. The maximum absolute atomic E-state index is 12.5. The maximum Gasteiger partial charge on any atom is 0.234 e. The van der Waals surface area contributed by atoms with Crippen molar-refractivity contribution in [3.05, 3.63) is 59.2 Å². The highest BCUT2D eigenvalue weighted by atomic mass is 32.2. The van der Waals surface area contributed by atoms with Crippen LogP contribution >= 0.6 is 23.1 Å². The first-order valence-electron chi connectivity index (χ1n) is 9.29. The van der Waals surface area contributed by atoms with E-state index in [0.29, 0.717) is 5.75 Å². The highest BCUT2D eigenvalue weighted by Gasteiger charge is 2.12. The third-order valence-corrected chi connectivity index (χ3v) is 6.27. The SMILES string of the molecule is CCc1cccc(CC)c1NC(=O)CSc1nnc(Nc2ccc(C)cc2)s1. The lowest BCUT2D eigenvalue weighted by molar-refractivity contribution is -0.113. The maximum atomic E-state index is 12.5. The molecule has 1 aromatic heterocycles. The van der Waals surface area contributed by atoms with E-state index >= 15 is 0 Å². The Morgan fingerprint density at radius 2 is 1.71 bits per heavy atom. The average molecular weight is 413 g/mol. The second-order valence-corrected chi connectivity index (χ2v) is 8.56. The summed E-state index contributed by atoms with van der Waals surface area (Å²) in [5, 5.41) is 15.4. The first kappa shape index (κ1) is 20.4. The van der Waals surface area contributed by atoms with Crippen LogP contribution in [0.5, 0.6) is 0 Å². The molecule has 2 N–H and O–H groups in total. The minimum absolute atomic E-state index is 0.0242. The standard InChI is InChI=1S/C21H24N4OS2/c1-4-15-7-6-8-16(5-2)19(15)23-18(26)13-27-21-25-24-20(28-21)22-17-11-9-14(3)10-12-17/h6-12H,4-5,13H2,1-3H3,(H,22,24)(H,23,26). The number of nitrogens with one attached hydrogen (secondary N) is 2. The number of carbonyl (C=O) groups is 1. The molecule has 1 heterocycles. The van der Waals surface area contributed by atoms with Gasteiger partial charge in [0.15, 0.2) is 4.34 Å². The van der Waals surface area contributed by atoms with Crippen LogP contribution in [0.3, 0.4) is 0 Å². The van der Waals surface area contributed by atoms with Gasteiger partial charge >= 0.3 is 0 Å². The molecule has 0 unspecified atom stereocenters. The van der Waals surface area contributed by atoms with Gasteiger partial charge in [-0.05, 0) is 43.0 Å². The van der Waals surface area contributed by atoms with Crippen LogP contribution < -0.4 is 10.6 Å². The number of hydrogen-bond donors (Lipinski definition) is 2. The molecule has 0 saturated heterocycles. The topological polar surface area (TPSA) is 66.9 Å². The van der Waals surface area contributed by atoms with E-state index in [1.165, 1.54) is 28.7 Å². The van der Waals surface area contributed by atoms with Crippen molar-refractivity contribution in [1.29, 1.82) is 0 Å². The van der Waals surface area contributed by atoms with Crippen LogP contribution in [0.25, 0.3) is 0 Å². The molecule has 3 rings (SSSR count). The minimum Gasteiger partial charge on any atom is -0.330 e. The molecular weight excluding hydrogens is 388 g/mol. The van der Waals surface area contributed by atoms with E-state index in [4.69, 9.17) is 0 Å². The van der Waals surface area contributed by atoms with Crippen LogP contribution in [-0.2, 0) is 17.6 Å². The number of amides is 1. The molecule has 0 spiro atoms. The first-order valence-corrected chi connectivity index (χ1v) is 11.1. The molecule has 5 nitrogen and oxygen atoms in total. The minimum atomic E-state index is -0.0242. The molecule has 0 aliphatic heterocycles. The molecule has 1 amide bonds. The number of rotatable bonds is 8. The predicted molar refractivity (Wildman–Crippen MR) is 119 cm³/mol. The average Bonchev–Trinajstić information content (AvgIpc) is 3.15. The smallest absolute Gasteiger partial charge is 0.234 e. The van der Waals surface area contributed by atoms with E-state index in [2.05, 4.69) is 53.7 Å². The van der Waals surface area contributed by atoms with Gasteiger partial charge in [0.25, 0.3) is 0 Å². The van der Waals surface area contributed by atoms with Crippen molar-refractivity contribution in [3.63, 3.8) is 0 Å². The number of aromatic nitrogens is 2. The molecule has 0 radical (unpaired) electrons. The Kier molecular flexibility index (Phi) is 7.06. The third-order valence-electron chi connectivity index (χ3n) is 4.30. The fourth-order valence-electron chi connectivity index (χ4n) is 2.78. The number of benzene rings is 2. The molecule has 0 aliphatic carbocycles. The van der Waals surface area contributed by atoms with Crippen molar-refractivity contribution in [2.24, 2.45) is 0 Å². The van der Waals surface area contributed by atoms with Crippen LogP contribution in [0, 0.1) is 6.92 Å². The lowest BCUT2D eigenvalue weighted by atomic mass is 10.0. The van der Waals surface area contributed by atoms with Crippen LogP contribution in [0.2, 0.25) is 0 Å². The van der Waals surface area contributed by atoms with E-state index < -0.39 is 0 Å². The molecular formula is C21H24N4OS2. The number of nitrogens with zero attached hydrogens (tertiary/aromatic N) is 2. The van der Waals surface area contributed by atoms with Gasteiger partial charge in [0, 0.05) is 11.4 Å². The second kappa shape index (κ2) is 9.71. The summed E-state index contributed by atoms with van der Waals surface area (Å²) in [6, 6.07) is 14.3. The van der Waals surface area contributed by atoms with Crippen molar-refractivity contribution in [3.8, 4) is 0 Å². The monoisotopic (exact) mass is 412 g/mol. The van der Waals surface area contributed by atoms with Crippen LogP contribution in [0.4, 0.5) is 16.5 Å². The van der Waals surface area contributed by atoms with Crippen LogP contribution in [0.15, 0.2) is 46.8 Å². The summed E-state index contributed by atoms with van der Waals surface area (Å²) in [5.74, 6) is 0.282. The van der Waals surface area contributed by atoms with Gasteiger partial charge in [0.2, 0.25) is 11.0 Å². The van der Waals surface area contributed by atoms with E-state index in [0.717, 1.165) is 44.8 Å². The number of aryl methyl sites for hydroxylation is 3. The van der Waals surface area contributed by atoms with Gasteiger partial charge in [-0.3, -0.25) is 4.79 Å². The van der Waals surface area contributed by atoms with Crippen LogP contribution in [-0.4, -0.2) is 21.9 Å². The zero-order valence-corrected chi connectivity index (χ0v) is 17.9. The zero-order chi connectivity index (χ0) is 19.9. The molecule has 7 heteroatoms. The van der Waals surface area contributed by atoms with Crippen molar-refractivity contribution < 1.29 is 4.79 Å². The summed E-state index contributed by atoms with van der Waals surface area (Å²) in [7, 11) is 0. The Labute approximate surface area is 174 Å². The molecule has 28 heavy (non-hydrogen) atoms. The number of carbonyl (C=O) groups excluding carboxylic acids is 1. The lowest BCUT2D eigenvalue weighted by Crippen LogP contribution is -2.16. The van der Waals surface area contributed by atoms with Gasteiger partial charge in [-0.25, -0.2) is 0 Å². The number of thioether (sulfide) groups is 1. The normalized spacial score (nSPS) is 10.7. The van der Waals surface area contributed by atoms with Gasteiger partial charge in [-0.1, -0.05) is 72.8 Å². The van der Waals surface area contributed by atoms with Crippen molar-refractivity contribution in [2.45, 2.75) is 38.0 Å². The lowest BCUT2D eigenvalue weighted by Gasteiger charge is -2.14. The van der Waals surface area contributed by atoms with Crippen molar-refractivity contribution >= 4 is 45.5 Å². The van der Waals surface area contributed by atoms with Gasteiger partial charge in [-0.15, -0.1) is 10.2 Å². The van der Waals surface area contributed by atoms with Crippen LogP contribution in [0.1, 0.15) is 30.5 Å². The second-order valence-electron chi connectivity index (χ2n) is 6.36. The molecule has 2 aromatic carbocycles. The van der Waals surface area contributed by atoms with Crippen molar-refractivity contribution in [2.75, 3.05) is 16.4 Å². The van der Waals surface area contributed by atoms with Gasteiger partial charge in [0.05, 0.1) is 5.75 Å². The van der Waals surface area contributed by atoms with E-state index in [1.54, 1.807) is 0 Å². The number of hydrogen-bond acceptors (Lipinski definition) is 6. The Morgan fingerprint density at radius 1 is 1.04 bits per heavy atom. The van der Waals surface area contributed by atoms with Gasteiger partial charge in [-0.2, -0.15) is 0 Å². The third kappa shape index (κ3) is 5.33. The number of para-hydroxylation sites is 1. The predicted octanol–water partition coefficient (Wildman–Crippen LogP) is 5.45. The molecule has 0 saturated carbocycles. The summed E-state index contributed by atoms with van der Waals surface area (Å²) in [4.78, 5) is 12.5. The van der Waals surface area contributed by atoms with Gasteiger partial charge < -0.3 is 10.6 Å². The molecule has 0 atom stereocenters. The van der Waals surface area contributed by atoms with E-state index in [1.807, 2.05) is 30.3 Å². The molecule has 3 aromatic rings. The molecule has 0 bridgehead atoms. The Morgan fingerprint density at radius 3 is 2.36 bits per heavy atom.